The lowest BCUT2D eigenvalue weighted by Gasteiger charge is -2.18. The van der Waals surface area contributed by atoms with E-state index >= 15 is 0 Å². The van der Waals surface area contributed by atoms with Crippen molar-refractivity contribution in [3.63, 3.8) is 0 Å². The minimum Gasteiger partial charge on any atom is -0.491 e. The lowest BCUT2D eigenvalue weighted by Crippen LogP contribution is -2.23. The fourth-order valence-electron chi connectivity index (χ4n) is 1.55. The van der Waals surface area contributed by atoms with Gasteiger partial charge in [-0.3, -0.25) is 4.79 Å². The molecule has 0 heterocycles. The van der Waals surface area contributed by atoms with Crippen molar-refractivity contribution < 1.29 is 23.4 Å². The smallest absolute Gasteiger partial charge is 0.309 e. The molecule has 0 aliphatic heterocycles. The fourth-order valence-corrected chi connectivity index (χ4v) is 1.55. The topological polar surface area (TPSA) is 46.5 Å². The number of halogens is 2. The second-order valence-corrected chi connectivity index (χ2v) is 5.07. The molecule has 0 radical (unpaired) electrons. The quantitative estimate of drug-likeness (QED) is 0.771. The summed E-state index contributed by atoms with van der Waals surface area (Å²) in [4.78, 5) is 10.9. The Labute approximate surface area is 111 Å². The molecule has 0 unspecified atom stereocenters. The molecular weight excluding hydrogens is 254 g/mol. The molecule has 1 aromatic carbocycles. The van der Waals surface area contributed by atoms with E-state index in [0.29, 0.717) is 19.3 Å². The van der Waals surface area contributed by atoms with E-state index in [4.69, 9.17) is 9.84 Å². The fraction of sp³-hybridized carbons (Fsp3) is 0.500. The van der Waals surface area contributed by atoms with Crippen LogP contribution in [-0.4, -0.2) is 17.7 Å². The summed E-state index contributed by atoms with van der Waals surface area (Å²) < 4.78 is 31.0. The van der Waals surface area contributed by atoms with E-state index in [1.807, 2.05) is 0 Å². The molecule has 0 amide bonds. The summed E-state index contributed by atoms with van der Waals surface area (Å²) in [6.45, 7) is 3.60. The third-order valence-electron chi connectivity index (χ3n) is 2.93. The maximum atomic E-state index is 13.2. The molecule has 0 bridgehead atoms. The van der Waals surface area contributed by atoms with Crippen LogP contribution in [0.3, 0.4) is 0 Å². The zero-order valence-electron chi connectivity index (χ0n) is 11.1. The SMILES string of the molecule is CC(C)(CCCCOc1ccc(F)cc1F)C(=O)O. The summed E-state index contributed by atoms with van der Waals surface area (Å²) in [6, 6.07) is 3.14. The van der Waals surface area contributed by atoms with E-state index < -0.39 is 23.0 Å². The van der Waals surface area contributed by atoms with Gasteiger partial charge in [-0.1, -0.05) is 0 Å². The van der Waals surface area contributed by atoms with Crippen LogP contribution in [-0.2, 0) is 4.79 Å². The van der Waals surface area contributed by atoms with Crippen molar-refractivity contribution in [1.82, 2.24) is 0 Å². The third kappa shape index (κ3) is 4.85. The number of carboxylic acid groups (broad SMARTS) is 1. The Morgan fingerprint density at radius 1 is 1.32 bits per heavy atom. The number of unbranched alkanes of at least 4 members (excludes halogenated alkanes) is 1. The van der Waals surface area contributed by atoms with Gasteiger partial charge in [0.15, 0.2) is 11.6 Å². The van der Waals surface area contributed by atoms with Crippen LogP contribution in [0.25, 0.3) is 0 Å². The number of benzene rings is 1. The number of hydrogen-bond donors (Lipinski definition) is 1. The van der Waals surface area contributed by atoms with Crippen molar-refractivity contribution in [2.45, 2.75) is 33.1 Å². The summed E-state index contributed by atoms with van der Waals surface area (Å²) in [5, 5.41) is 8.92. The second kappa shape index (κ2) is 6.50. The average Bonchev–Trinajstić information content (AvgIpc) is 2.31. The summed E-state index contributed by atoms with van der Waals surface area (Å²) in [6.07, 6.45) is 1.81. The number of carbonyl (C=O) groups is 1. The van der Waals surface area contributed by atoms with Gasteiger partial charge in [-0.2, -0.15) is 0 Å². The van der Waals surface area contributed by atoms with E-state index in [1.54, 1.807) is 13.8 Å². The Morgan fingerprint density at radius 3 is 2.58 bits per heavy atom. The maximum Gasteiger partial charge on any atom is 0.309 e. The van der Waals surface area contributed by atoms with Crippen LogP contribution < -0.4 is 4.74 Å². The van der Waals surface area contributed by atoms with Crippen molar-refractivity contribution in [3.8, 4) is 5.75 Å². The van der Waals surface area contributed by atoms with Crippen molar-refractivity contribution in [2.75, 3.05) is 6.61 Å². The molecule has 0 atom stereocenters. The van der Waals surface area contributed by atoms with E-state index in [2.05, 4.69) is 0 Å². The highest BCUT2D eigenvalue weighted by molar-refractivity contribution is 5.73. The van der Waals surface area contributed by atoms with Gasteiger partial charge in [0.1, 0.15) is 5.82 Å². The summed E-state index contributed by atoms with van der Waals surface area (Å²) >= 11 is 0. The van der Waals surface area contributed by atoms with Gasteiger partial charge in [0.25, 0.3) is 0 Å². The molecule has 3 nitrogen and oxygen atoms in total. The van der Waals surface area contributed by atoms with Crippen LogP contribution >= 0.6 is 0 Å². The van der Waals surface area contributed by atoms with Crippen molar-refractivity contribution in [2.24, 2.45) is 5.41 Å². The zero-order chi connectivity index (χ0) is 14.5. The van der Waals surface area contributed by atoms with Crippen molar-refractivity contribution >= 4 is 5.97 Å². The van der Waals surface area contributed by atoms with E-state index in [1.165, 1.54) is 6.07 Å². The number of ether oxygens (including phenoxy) is 1. The van der Waals surface area contributed by atoms with Gasteiger partial charge < -0.3 is 9.84 Å². The molecule has 0 saturated carbocycles. The van der Waals surface area contributed by atoms with Gasteiger partial charge in [-0.25, -0.2) is 8.78 Å². The first kappa shape index (κ1) is 15.4. The first-order valence-electron chi connectivity index (χ1n) is 6.14. The molecule has 5 heteroatoms. The molecule has 0 fully saturated rings. The van der Waals surface area contributed by atoms with Crippen LogP contribution in [0.4, 0.5) is 8.78 Å². The Morgan fingerprint density at radius 2 is 2.00 bits per heavy atom. The minimum atomic E-state index is -0.835. The van der Waals surface area contributed by atoms with Gasteiger partial charge in [-0.15, -0.1) is 0 Å². The second-order valence-electron chi connectivity index (χ2n) is 5.07. The standard InChI is InChI=1S/C14H18F2O3/c1-14(2,13(17)18)7-3-4-8-19-12-6-5-10(15)9-11(12)16/h5-6,9H,3-4,7-8H2,1-2H3,(H,17,18). The Bertz CT molecular complexity index is 444. The molecule has 1 N–H and O–H groups in total. The van der Waals surface area contributed by atoms with Crippen LogP contribution in [0.1, 0.15) is 33.1 Å². The third-order valence-corrected chi connectivity index (χ3v) is 2.93. The number of carboxylic acids is 1. The van der Waals surface area contributed by atoms with E-state index in [0.717, 1.165) is 12.1 Å². The normalized spacial score (nSPS) is 11.4. The van der Waals surface area contributed by atoms with Gasteiger partial charge >= 0.3 is 5.97 Å². The molecule has 0 saturated heterocycles. The predicted molar refractivity (Wildman–Crippen MR) is 67.1 cm³/mol. The number of hydrogen-bond acceptors (Lipinski definition) is 2. The molecule has 0 spiro atoms. The molecule has 19 heavy (non-hydrogen) atoms. The first-order chi connectivity index (χ1) is 8.83. The molecule has 106 valence electrons. The Balaban J connectivity index is 2.30. The average molecular weight is 272 g/mol. The molecule has 1 aromatic rings. The molecular formula is C14H18F2O3. The van der Waals surface area contributed by atoms with Gasteiger partial charge in [0.2, 0.25) is 0 Å². The zero-order valence-corrected chi connectivity index (χ0v) is 11.1. The van der Waals surface area contributed by atoms with Gasteiger partial charge in [0.05, 0.1) is 12.0 Å². The Hall–Kier alpha value is -1.65. The van der Waals surface area contributed by atoms with Gasteiger partial charge in [-0.05, 0) is 45.2 Å². The Kier molecular flexibility index (Phi) is 5.27. The lowest BCUT2D eigenvalue weighted by atomic mass is 9.87. The maximum absolute atomic E-state index is 13.2. The van der Waals surface area contributed by atoms with Crippen LogP contribution in [0, 0.1) is 17.0 Å². The lowest BCUT2D eigenvalue weighted by molar-refractivity contribution is -0.147. The van der Waals surface area contributed by atoms with Crippen LogP contribution in [0.15, 0.2) is 18.2 Å². The molecule has 0 aliphatic carbocycles. The number of aliphatic carboxylic acids is 1. The van der Waals surface area contributed by atoms with E-state index in [9.17, 15) is 13.6 Å². The molecule has 0 aromatic heterocycles. The highest BCUT2D eigenvalue weighted by Gasteiger charge is 2.25. The largest absolute Gasteiger partial charge is 0.491 e. The number of rotatable bonds is 7. The first-order valence-corrected chi connectivity index (χ1v) is 6.14. The predicted octanol–water partition coefficient (Wildman–Crippen LogP) is 3.62. The molecule has 1 rings (SSSR count). The summed E-state index contributed by atoms with van der Waals surface area (Å²) in [5.41, 5.74) is -0.763. The van der Waals surface area contributed by atoms with Crippen LogP contribution in [0.5, 0.6) is 5.75 Å². The highest BCUT2D eigenvalue weighted by Crippen LogP contribution is 2.23. The van der Waals surface area contributed by atoms with Crippen molar-refractivity contribution in [3.05, 3.63) is 29.8 Å². The summed E-state index contributed by atoms with van der Waals surface area (Å²) in [7, 11) is 0. The van der Waals surface area contributed by atoms with Crippen LogP contribution in [0.2, 0.25) is 0 Å². The van der Waals surface area contributed by atoms with Gasteiger partial charge in [0, 0.05) is 6.07 Å². The van der Waals surface area contributed by atoms with E-state index in [-0.39, 0.29) is 12.4 Å². The highest BCUT2D eigenvalue weighted by atomic mass is 19.1. The van der Waals surface area contributed by atoms with Crippen molar-refractivity contribution in [1.29, 1.82) is 0 Å². The molecule has 0 aliphatic rings. The monoisotopic (exact) mass is 272 g/mol. The summed E-state index contributed by atoms with van der Waals surface area (Å²) in [5.74, 6) is -2.20. The minimum absolute atomic E-state index is 0.0129.